The van der Waals surface area contributed by atoms with Crippen molar-refractivity contribution in [2.75, 3.05) is 0 Å². The van der Waals surface area contributed by atoms with E-state index >= 15 is 0 Å². The van der Waals surface area contributed by atoms with Crippen LogP contribution in [-0.2, 0) is 16.1 Å². The molecule has 8 heteroatoms. The molecule has 1 aromatic carbocycles. The predicted octanol–water partition coefficient (Wildman–Crippen LogP) is 2.21. The molecule has 156 valence electrons. The third kappa shape index (κ3) is 4.81. The Morgan fingerprint density at radius 3 is 2.59 bits per heavy atom. The zero-order valence-electron chi connectivity index (χ0n) is 16.9. The van der Waals surface area contributed by atoms with E-state index in [1.165, 1.54) is 4.68 Å². The Morgan fingerprint density at radius 1 is 1.24 bits per heavy atom. The molecule has 1 heterocycles. The van der Waals surface area contributed by atoms with Crippen molar-refractivity contribution >= 4 is 22.8 Å². The number of carboxylic acid groups (broad SMARTS) is 1. The van der Waals surface area contributed by atoms with Crippen LogP contribution in [0.25, 0.3) is 10.9 Å². The number of carboxylic acids is 1. The first kappa shape index (κ1) is 21.0. The van der Waals surface area contributed by atoms with E-state index in [1.54, 1.807) is 12.1 Å². The van der Waals surface area contributed by atoms with Gasteiger partial charge >= 0.3 is 5.97 Å². The average molecular weight is 400 g/mol. The predicted molar refractivity (Wildman–Crippen MR) is 108 cm³/mol. The molecule has 1 saturated carbocycles. The van der Waals surface area contributed by atoms with Crippen molar-refractivity contribution < 1.29 is 14.7 Å². The summed E-state index contributed by atoms with van der Waals surface area (Å²) in [5.74, 6) is -1.23. The van der Waals surface area contributed by atoms with Gasteiger partial charge < -0.3 is 10.4 Å². The average Bonchev–Trinajstić information content (AvgIpc) is 2.73. The van der Waals surface area contributed by atoms with Crippen LogP contribution in [-0.4, -0.2) is 38.0 Å². The second-order valence-electron chi connectivity index (χ2n) is 8.02. The number of hydrogen-bond donors (Lipinski definition) is 2. The summed E-state index contributed by atoms with van der Waals surface area (Å²) in [6.45, 7) is 4.23. The first-order valence-electron chi connectivity index (χ1n) is 10.3. The highest BCUT2D eigenvalue weighted by Gasteiger charge is 2.31. The van der Waals surface area contributed by atoms with Crippen LogP contribution in [0.5, 0.6) is 0 Å². The van der Waals surface area contributed by atoms with Crippen molar-refractivity contribution in [3.63, 3.8) is 0 Å². The molecule has 1 aliphatic carbocycles. The maximum Gasteiger partial charge on any atom is 0.326 e. The molecular weight excluding hydrogens is 372 g/mol. The summed E-state index contributed by atoms with van der Waals surface area (Å²) < 4.78 is 1.41. The Morgan fingerprint density at radius 2 is 1.93 bits per heavy atom. The summed E-state index contributed by atoms with van der Waals surface area (Å²) in [6.07, 6.45) is 3.63. The Labute approximate surface area is 169 Å². The SMILES string of the molecule is CC[C@H](C)[C@H](NC(=O)C1CCC(Cn2nnc3ccccc3c2=O)CC1)C(=O)O. The summed E-state index contributed by atoms with van der Waals surface area (Å²) in [7, 11) is 0. The van der Waals surface area contributed by atoms with Gasteiger partial charge in [0.05, 0.1) is 5.39 Å². The third-order valence-corrected chi connectivity index (χ3v) is 6.05. The van der Waals surface area contributed by atoms with E-state index in [1.807, 2.05) is 26.0 Å². The van der Waals surface area contributed by atoms with E-state index in [0.29, 0.717) is 36.7 Å². The number of fused-ring (bicyclic) bond motifs is 1. The molecule has 29 heavy (non-hydrogen) atoms. The topological polar surface area (TPSA) is 114 Å². The molecule has 0 aliphatic heterocycles. The van der Waals surface area contributed by atoms with Crippen LogP contribution in [0.3, 0.4) is 0 Å². The number of nitrogens with zero attached hydrogens (tertiary/aromatic N) is 3. The molecule has 0 bridgehead atoms. The maximum atomic E-state index is 12.6. The Bertz CT molecular complexity index is 934. The summed E-state index contributed by atoms with van der Waals surface area (Å²) in [4.78, 5) is 36.6. The van der Waals surface area contributed by atoms with Crippen molar-refractivity contribution in [3.8, 4) is 0 Å². The number of rotatable bonds is 7. The van der Waals surface area contributed by atoms with Gasteiger partial charge in [0.1, 0.15) is 11.6 Å². The summed E-state index contributed by atoms with van der Waals surface area (Å²) in [5.41, 5.74) is 0.441. The van der Waals surface area contributed by atoms with Crippen molar-refractivity contribution in [2.45, 2.75) is 58.5 Å². The van der Waals surface area contributed by atoms with Gasteiger partial charge in [-0.05, 0) is 49.7 Å². The Balaban J connectivity index is 1.58. The zero-order valence-corrected chi connectivity index (χ0v) is 16.9. The van der Waals surface area contributed by atoms with E-state index in [4.69, 9.17) is 0 Å². The Kier molecular flexibility index (Phi) is 6.61. The van der Waals surface area contributed by atoms with Gasteiger partial charge in [0.2, 0.25) is 5.91 Å². The summed E-state index contributed by atoms with van der Waals surface area (Å²) in [6, 6.07) is 6.30. The molecule has 0 spiro atoms. The first-order chi connectivity index (χ1) is 13.9. The van der Waals surface area contributed by atoms with Crippen molar-refractivity contribution in [2.24, 2.45) is 17.8 Å². The number of aromatic nitrogens is 3. The number of nitrogens with one attached hydrogen (secondary N) is 1. The molecule has 1 aromatic heterocycles. The zero-order chi connectivity index (χ0) is 21.0. The highest BCUT2D eigenvalue weighted by atomic mass is 16.4. The van der Waals surface area contributed by atoms with Gasteiger partial charge in [0.15, 0.2) is 0 Å². The lowest BCUT2D eigenvalue weighted by molar-refractivity contribution is -0.144. The van der Waals surface area contributed by atoms with Gasteiger partial charge in [-0.3, -0.25) is 9.59 Å². The number of benzene rings is 1. The number of aliphatic carboxylic acids is 1. The van der Waals surface area contributed by atoms with Crippen LogP contribution < -0.4 is 10.9 Å². The van der Waals surface area contributed by atoms with E-state index in [2.05, 4.69) is 15.6 Å². The molecule has 0 radical (unpaired) electrons. The normalized spacial score (nSPS) is 21.4. The molecule has 8 nitrogen and oxygen atoms in total. The number of carbonyl (C=O) groups excluding carboxylic acids is 1. The second-order valence-corrected chi connectivity index (χ2v) is 8.02. The summed E-state index contributed by atoms with van der Waals surface area (Å²) >= 11 is 0. The molecule has 2 aromatic rings. The molecule has 2 N–H and O–H groups in total. The van der Waals surface area contributed by atoms with Crippen molar-refractivity contribution in [3.05, 3.63) is 34.6 Å². The molecule has 0 saturated heterocycles. The van der Waals surface area contributed by atoms with Gasteiger partial charge in [-0.25, -0.2) is 9.48 Å². The minimum absolute atomic E-state index is 0.119. The van der Waals surface area contributed by atoms with Crippen LogP contribution >= 0.6 is 0 Å². The second kappa shape index (κ2) is 9.15. The maximum absolute atomic E-state index is 12.6. The molecule has 3 rings (SSSR count). The van der Waals surface area contributed by atoms with E-state index in [-0.39, 0.29) is 29.2 Å². The largest absolute Gasteiger partial charge is 0.480 e. The molecule has 0 unspecified atom stereocenters. The minimum Gasteiger partial charge on any atom is -0.480 e. The molecule has 1 aliphatic rings. The van der Waals surface area contributed by atoms with Crippen LogP contribution in [0.4, 0.5) is 0 Å². The summed E-state index contributed by atoms with van der Waals surface area (Å²) in [5, 5.41) is 20.8. The fourth-order valence-electron chi connectivity index (χ4n) is 3.95. The lowest BCUT2D eigenvalue weighted by Crippen LogP contribution is -2.47. The molecular formula is C21H28N4O4. The van der Waals surface area contributed by atoms with Crippen molar-refractivity contribution in [1.82, 2.24) is 20.3 Å². The Hall–Kier alpha value is -2.77. The fraction of sp³-hybridized carbons (Fsp3) is 0.571. The van der Waals surface area contributed by atoms with Crippen LogP contribution in [0.1, 0.15) is 46.0 Å². The van der Waals surface area contributed by atoms with Gasteiger partial charge in [0, 0.05) is 12.5 Å². The van der Waals surface area contributed by atoms with Gasteiger partial charge in [-0.1, -0.05) is 37.6 Å². The van der Waals surface area contributed by atoms with Crippen LogP contribution in [0.15, 0.2) is 29.1 Å². The highest BCUT2D eigenvalue weighted by molar-refractivity contribution is 5.85. The van der Waals surface area contributed by atoms with E-state index in [9.17, 15) is 19.5 Å². The van der Waals surface area contributed by atoms with E-state index < -0.39 is 12.0 Å². The van der Waals surface area contributed by atoms with Gasteiger partial charge in [0.25, 0.3) is 5.56 Å². The van der Waals surface area contributed by atoms with Crippen LogP contribution in [0, 0.1) is 17.8 Å². The standard InChI is InChI=1S/C21H28N4O4/c1-3-13(2)18(21(28)29)22-19(26)15-10-8-14(9-11-15)12-25-20(27)16-6-4-5-7-17(16)23-24-25/h4-7,13-15,18H,3,8-12H2,1-2H3,(H,22,26)(H,28,29)/t13-,14?,15?,18-/m0/s1. The number of hydrogen-bond acceptors (Lipinski definition) is 5. The lowest BCUT2D eigenvalue weighted by atomic mass is 9.81. The molecule has 1 fully saturated rings. The first-order valence-corrected chi connectivity index (χ1v) is 10.3. The quantitative estimate of drug-likeness (QED) is 0.736. The van der Waals surface area contributed by atoms with Crippen LogP contribution in [0.2, 0.25) is 0 Å². The smallest absolute Gasteiger partial charge is 0.326 e. The number of amides is 1. The van der Waals surface area contributed by atoms with Gasteiger partial charge in [-0.15, -0.1) is 5.10 Å². The van der Waals surface area contributed by atoms with Crippen molar-refractivity contribution in [1.29, 1.82) is 0 Å². The molecule has 1 amide bonds. The number of carbonyl (C=O) groups is 2. The third-order valence-electron chi connectivity index (χ3n) is 6.05. The van der Waals surface area contributed by atoms with Gasteiger partial charge in [-0.2, -0.15) is 0 Å². The minimum atomic E-state index is -0.990. The lowest BCUT2D eigenvalue weighted by Gasteiger charge is -2.29. The monoisotopic (exact) mass is 400 g/mol. The fourth-order valence-corrected chi connectivity index (χ4v) is 3.95. The van der Waals surface area contributed by atoms with E-state index in [0.717, 1.165) is 12.8 Å². The highest BCUT2D eigenvalue weighted by Crippen LogP contribution is 2.30. The molecule has 2 atom stereocenters.